The number of benzene rings is 1. The SMILES string of the molecule is O=C(NC1CCOCC1)N1CC(=O)N2CCc3ccc(Cl)cc3C2C1. The van der Waals surface area contributed by atoms with Crippen LogP contribution in [0.4, 0.5) is 4.79 Å². The number of rotatable bonds is 1. The molecule has 4 rings (SSSR count). The minimum absolute atomic E-state index is 0.00371. The van der Waals surface area contributed by atoms with Gasteiger partial charge in [0.15, 0.2) is 0 Å². The Kier molecular flexibility index (Phi) is 4.56. The second-order valence-electron chi connectivity index (χ2n) is 6.91. The number of piperazine rings is 1. The normalized spacial score (nSPS) is 23.9. The zero-order valence-electron chi connectivity index (χ0n) is 14.0. The maximum Gasteiger partial charge on any atom is 0.318 e. The molecule has 1 atom stereocenters. The van der Waals surface area contributed by atoms with Gasteiger partial charge in [0.05, 0.1) is 6.04 Å². The number of carbonyl (C=O) groups excluding carboxylic acids is 2. The molecule has 0 aromatic heterocycles. The molecule has 0 radical (unpaired) electrons. The summed E-state index contributed by atoms with van der Waals surface area (Å²) < 4.78 is 5.33. The van der Waals surface area contributed by atoms with E-state index in [0.717, 1.165) is 24.8 Å². The number of amides is 3. The van der Waals surface area contributed by atoms with E-state index in [1.54, 1.807) is 4.90 Å². The molecular formula is C18H22ClN3O3. The first-order valence-corrected chi connectivity index (χ1v) is 9.20. The van der Waals surface area contributed by atoms with E-state index in [0.29, 0.717) is 31.3 Å². The third kappa shape index (κ3) is 3.33. The van der Waals surface area contributed by atoms with Gasteiger partial charge in [-0.3, -0.25) is 4.79 Å². The summed E-state index contributed by atoms with van der Waals surface area (Å²) in [5, 5.41) is 3.71. The first-order chi connectivity index (χ1) is 12.1. The second-order valence-corrected chi connectivity index (χ2v) is 7.35. The van der Waals surface area contributed by atoms with E-state index in [-0.39, 0.29) is 30.6 Å². The van der Waals surface area contributed by atoms with E-state index in [2.05, 4.69) is 5.32 Å². The van der Waals surface area contributed by atoms with Gasteiger partial charge < -0.3 is 19.9 Å². The van der Waals surface area contributed by atoms with Crippen molar-refractivity contribution < 1.29 is 14.3 Å². The van der Waals surface area contributed by atoms with Crippen LogP contribution in [0.25, 0.3) is 0 Å². The highest BCUT2D eigenvalue weighted by molar-refractivity contribution is 6.30. The van der Waals surface area contributed by atoms with Crippen molar-refractivity contribution in [3.63, 3.8) is 0 Å². The molecule has 1 aromatic rings. The third-order valence-corrected chi connectivity index (χ3v) is 5.58. The summed E-state index contributed by atoms with van der Waals surface area (Å²) in [6.07, 6.45) is 2.48. The molecule has 0 saturated carbocycles. The third-order valence-electron chi connectivity index (χ3n) is 5.34. The van der Waals surface area contributed by atoms with Crippen molar-refractivity contribution in [2.24, 2.45) is 0 Å². The lowest BCUT2D eigenvalue weighted by Gasteiger charge is -2.44. The molecule has 3 heterocycles. The highest BCUT2D eigenvalue weighted by Gasteiger charge is 2.39. The molecule has 134 valence electrons. The van der Waals surface area contributed by atoms with Crippen LogP contribution in [0.15, 0.2) is 18.2 Å². The van der Waals surface area contributed by atoms with Crippen LogP contribution in [0.3, 0.4) is 0 Å². The van der Waals surface area contributed by atoms with E-state index >= 15 is 0 Å². The molecule has 3 amide bonds. The number of nitrogens with one attached hydrogen (secondary N) is 1. The molecule has 25 heavy (non-hydrogen) atoms. The largest absolute Gasteiger partial charge is 0.381 e. The van der Waals surface area contributed by atoms with Gasteiger partial charge in [-0.1, -0.05) is 17.7 Å². The lowest BCUT2D eigenvalue weighted by molar-refractivity contribution is -0.139. The molecule has 2 fully saturated rings. The van der Waals surface area contributed by atoms with Crippen LogP contribution < -0.4 is 5.32 Å². The van der Waals surface area contributed by atoms with E-state index < -0.39 is 0 Å². The Morgan fingerprint density at radius 3 is 2.88 bits per heavy atom. The van der Waals surface area contributed by atoms with Crippen LogP contribution in [0.2, 0.25) is 5.02 Å². The van der Waals surface area contributed by atoms with Gasteiger partial charge in [-0.25, -0.2) is 4.79 Å². The summed E-state index contributed by atoms with van der Waals surface area (Å²) in [4.78, 5) is 28.7. The number of hydrogen-bond acceptors (Lipinski definition) is 3. The molecule has 1 N–H and O–H groups in total. The van der Waals surface area contributed by atoms with E-state index in [9.17, 15) is 9.59 Å². The highest BCUT2D eigenvalue weighted by atomic mass is 35.5. The van der Waals surface area contributed by atoms with Crippen molar-refractivity contribution in [1.82, 2.24) is 15.1 Å². The van der Waals surface area contributed by atoms with Crippen LogP contribution in [-0.2, 0) is 16.0 Å². The van der Waals surface area contributed by atoms with Crippen molar-refractivity contribution >= 4 is 23.5 Å². The minimum atomic E-state index is -0.158. The molecule has 1 aromatic carbocycles. The number of halogens is 1. The molecule has 3 aliphatic rings. The molecule has 0 aliphatic carbocycles. The summed E-state index contributed by atoms with van der Waals surface area (Å²) in [7, 11) is 0. The lowest BCUT2D eigenvalue weighted by atomic mass is 9.91. The molecule has 1 unspecified atom stereocenters. The average Bonchev–Trinajstić information content (AvgIpc) is 2.62. The van der Waals surface area contributed by atoms with Crippen molar-refractivity contribution in [3.05, 3.63) is 34.3 Å². The van der Waals surface area contributed by atoms with Gasteiger partial charge in [-0.15, -0.1) is 0 Å². The predicted octanol–water partition coefficient (Wildman–Crippen LogP) is 1.97. The summed E-state index contributed by atoms with van der Waals surface area (Å²) in [5.41, 5.74) is 2.28. The van der Waals surface area contributed by atoms with Crippen molar-refractivity contribution in [2.45, 2.75) is 31.3 Å². The number of fused-ring (bicyclic) bond motifs is 3. The molecule has 2 saturated heterocycles. The summed E-state index contributed by atoms with van der Waals surface area (Å²) in [6, 6.07) is 5.71. The van der Waals surface area contributed by atoms with Gasteiger partial charge in [0.2, 0.25) is 5.91 Å². The topological polar surface area (TPSA) is 61.9 Å². The van der Waals surface area contributed by atoms with Gasteiger partial charge in [0, 0.05) is 37.4 Å². The fourth-order valence-electron chi connectivity index (χ4n) is 3.95. The number of hydrogen-bond donors (Lipinski definition) is 1. The minimum Gasteiger partial charge on any atom is -0.381 e. The summed E-state index contributed by atoms with van der Waals surface area (Å²) in [6.45, 7) is 2.70. The Morgan fingerprint density at radius 2 is 2.08 bits per heavy atom. The van der Waals surface area contributed by atoms with Crippen LogP contribution in [-0.4, -0.2) is 60.6 Å². The summed E-state index contributed by atoms with van der Waals surface area (Å²) >= 11 is 6.16. The fraction of sp³-hybridized carbons (Fsp3) is 0.556. The van der Waals surface area contributed by atoms with Crippen LogP contribution in [0, 0.1) is 0 Å². The van der Waals surface area contributed by atoms with E-state index in [1.165, 1.54) is 5.56 Å². The molecule has 3 aliphatic heterocycles. The molecular weight excluding hydrogens is 342 g/mol. The fourth-order valence-corrected chi connectivity index (χ4v) is 4.13. The predicted molar refractivity (Wildman–Crippen MR) is 93.6 cm³/mol. The first kappa shape index (κ1) is 16.7. The Morgan fingerprint density at radius 1 is 1.28 bits per heavy atom. The van der Waals surface area contributed by atoms with Gasteiger partial charge in [-0.05, 0) is 42.5 Å². The average molecular weight is 364 g/mol. The van der Waals surface area contributed by atoms with Gasteiger partial charge in [0.25, 0.3) is 0 Å². The van der Waals surface area contributed by atoms with E-state index in [1.807, 2.05) is 23.1 Å². The lowest BCUT2D eigenvalue weighted by Crippen LogP contribution is -2.58. The smallest absolute Gasteiger partial charge is 0.318 e. The molecule has 0 spiro atoms. The number of nitrogens with zero attached hydrogens (tertiary/aromatic N) is 2. The van der Waals surface area contributed by atoms with Crippen molar-refractivity contribution in [1.29, 1.82) is 0 Å². The summed E-state index contributed by atoms with van der Waals surface area (Å²) in [5.74, 6) is 0.00371. The Bertz CT molecular complexity index is 690. The first-order valence-electron chi connectivity index (χ1n) is 8.83. The Hall–Kier alpha value is -1.79. The van der Waals surface area contributed by atoms with E-state index in [4.69, 9.17) is 16.3 Å². The second kappa shape index (κ2) is 6.84. The van der Waals surface area contributed by atoms with Gasteiger partial charge >= 0.3 is 6.03 Å². The maximum atomic E-state index is 12.6. The Balaban J connectivity index is 1.51. The monoisotopic (exact) mass is 363 g/mol. The van der Waals surface area contributed by atoms with Crippen molar-refractivity contribution in [3.8, 4) is 0 Å². The maximum absolute atomic E-state index is 12.6. The number of carbonyl (C=O) groups is 2. The van der Waals surface area contributed by atoms with Crippen LogP contribution in [0.1, 0.15) is 30.0 Å². The van der Waals surface area contributed by atoms with Crippen LogP contribution in [0.5, 0.6) is 0 Å². The molecule has 0 bridgehead atoms. The van der Waals surface area contributed by atoms with Crippen molar-refractivity contribution in [2.75, 3.05) is 32.8 Å². The number of urea groups is 1. The molecule has 6 nitrogen and oxygen atoms in total. The van der Waals surface area contributed by atoms with Crippen LogP contribution >= 0.6 is 11.6 Å². The zero-order valence-corrected chi connectivity index (χ0v) is 14.8. The molecule has 7 heteroatoms. The quantitative estimate of drug-likeness (QED) is 0.829. The zero-order chi connectivity index (χ0) is 17.4. The number of ether oxygens (including phenoxy) is 1. The standard InChI is InChI=1S/C18H22ClN3O3/c19-13-2-1-12-3-6-22-16(15(12)9-13)10-21(11-17(22)23)18(24)20-14-4-7-25-8-5-14/h1-2,9,14,16H,3-8,10-11H2,(H,20,24). The van der Waals surface area contributed by atoms with Gasteiger partial charge in [0.1, 0.15) is 6.54 Å². The van der Waals surface area contributed by atoms with Gasteiger partial charge in [-0.2, -0.15) is 0 Å². The highest BCUT2D eigenvalue weighted by Crippen LogP contribution is 2.34. The Labute approximate surface area is 152 Å².